The summed E-state index contributed by atoms with van der Waals surface area (Å²) in [6.07, 6.45) is 6.00. The van der Waals surface area contributed by atoms with Gasteiger partial charge in [-0.05, 0) is 13.0 Å². The van der Waals surface area contributed by atoms with Crippen LogP contribution in [0.15, 0.2) is 24.7 Å². The van der Waals surface area contributed by atoms with Gasteiger partial charge < -0.3 is 4.74 Å². The van der Waals surface area contributed by atoms with E-state index in [0.717, 1.165) is 37.8 Å². The van der Waals surface area contributed by atoms with Gasteiger partial charge in [-0.2, -0.15) is 5.10 Å². The summed E-state index contributed by atoms with van der Waals surface area (Å²) in [4.78, 5) is 8.07. The van der Waals surface area contributed by atoms with E-state index in [0.29, 0.717) is 0 Å². The molecule has 0 spiro atoms. The van der Waals surface area contributed by atoms with Gasteiger partial charge in [-0.25, -0.2) is 4.98 Å². The van der Waals surface area contributed by atoms with Crippen molar-refractivity contribution in [2.24, 2.45) is 0 Å². The second-order valence-electron chi connectivity index (χ2n) is 4.80. The fraction of sp³-hybridized carbons (Fsp3) is 0.538. The average molecular weight is 278 g/mol. The van der Waals surface area contributed by atoms with Gasteiger partial charge in [0, 0.05) is 43.1 Å². The van der Waals surface area contributed by atoms with Crippen molar-refractivity contribution in [1.29, 1.82) is 0 Å². The van der Waals surface area contributed by atoms with Crippen molar-refractivity contribution in [2.75, 3.05) is 19.7 Å². The fourth-order valence-electron chi connectivity index (χ4n) is 2.35. The van der Waals surface area contributed by atoms with Crippen LogP contribution in [0.4, 0.5) is 0 Å². The lowest BCUT2D eigenvalue weighted by Crippen LogP contribution is -2.43. The summed E-state index contributed by atoms with van der Waals surface area (Å²) in [5, 5.41) is 5.37. The fourth-order valence-corrected chi connectivity index (χ4v) is 3.19. The number of thiazole rings is 1. The highest BCUT2D eigenvalue weighted by Gasteiger charge is 2.21. The summed E-state index contributed by atoms with van der Waals surface area (Å²) in [5.41, 5.74) is 0. The second-order valence-corrected chi connectivity index (χ2v) is 6.12. The molecule has 0 aliphatic carbocycles. The zero-order valence-corrected chi connectivity index (χ0v) is 11.8. The van der Waals surface area contributed by atoms with Gasteiger partial charge in [0.1, 0.15) is 0 Å². The molecular weight excluding hydrogens is 260 g/mol. The number of ether oxygens (including phenoxy) is 1. The maximum atomic E-state index is 5.81. The van der Waals surface area contributed by atoms with Gasteiger partial charge in [0.25, 0.3) is 0 Å². The SMILES string of the molecule is Cc1ncc(CN2CCO[C@H](Cn3cccn3)C2)s1. The van der Waals surface area contributed by atoms with E-state index in [1.54, 1.807) is 17.5 Å². The maximum Gasteiger partial charge on any atom is 0.0898 e. The van der Waals surface area contributed by atoms with Crippen LogP contribution in [-0.2, 0) is 17.8 Å². The quantitative estimate of drug-likeness (QED) is 0.851. The first-order chi connectivity index (χ1) is 9.29. The molecule has 0 bridgehead atoms. The van der Waals surface area contributed by atoms with Crippen LogP contribution in [0.2, 0.25) is 0 Å². The van der Waals surface area contributed by atoms with Crippen LogP contribution in [0.25, 0.3) is 0 Å². The van der Waals surface area contributed by atoms with Crippen LogP contribution in [0, 0.1) is 6.92 Å². The second kappa shape index (κ2) is 5.81. The number of aromatic nitrogens is 3. The van der Waals surface area contributed by atoms with Crippen LogP contribution in [0.3, 0.4) is 0 Å². The van der Waals surface area contributed by atoms with Crippen LogP contribution in [0.1, 0.15) is 9.88 Å². The van der Waals surface area contributed by atoms with Crippen LogP contribution in [-0.4, -0.2) is 45.5 Å². The molecule has 1 fully saturated rings. The third-order valence-corrected chi connectivity index (χ3v) is 4.12. The number of aryl methyl sites for hydroxylation is 1. The van der Waals surface area contributed by atoms with Gasteiger partial charge in [-0.3, -0.25) is 9.58 Å². The van der Waals surface area contributed by atoms with E-state index in [1.165, 1.54) is 4.88 Å². The zero-order valence-electron chi connectivity index (χ0n) is 11.0. The molecule has 0 radical (unpaired) electrons. The molecule has 0 amide bonds. The van der Waals surface area contributed by atoms with Crippen LogP contribution < -0.4 is 0 Å². The minimum absolute atomic E-state index is 0.225. The van der Waals surface area contributed by atoms with E-state index in [2.05, 4.69) is 15.0 Å². The van der Waals surface area contributed by atoms with Gasteiger partial charge in [0.2, 0.25) is 0 Å². The van der Waals surface area contributed by atoms with Crippen molar-refractivity contribution in [3.05, 3.63) is 34.5 Å². The van der Waals surface area contributed by atoms with Crippen molar-refractivity contribution in [1.82, 2.24) is 19.7 Å². The predicted octanol–water partition coefficient (Wildman–Crippen LogP) is 1.55. The molecule has 5 nitrogen and oxygen atoms in total. The predicted molar refractivity (Wildman–Crippen MR) is 74.1 cm³/mol. The molecule has 19 heavy (non-hydrogen) atoms. The monoisotopic (exact) mass is 278 g/mol. The Labute approximate surface area is 116 Å². The van der Waals surface area contributed by atoms with Crippen molar-refractivity contribution < 1.29 is 4.74 Å². The highest BCUT2D eigenvalue weighted by atomic mass is 32.1. The van der Waals surface area contributed by atoms with Crippen LogP contribution in [0.5, 0.6) is 0 Å². The van der Waals surface area contributed by atoms with Gasteiger partial charge in [-0.15, -0.1) is 11.3 Å². The van der Waals surface area contributed by atoms with Crippen molar-refractivity contribution >= 4 is 11.3 Å². The van der Waals surface area contributed by atoms with Crippen LogP contribution >= 0.6 is 11.3 Å². The van der Waals surface area contributed by atoms with E-state index in [9.17, 15) is 0 Å². The Bertz CT molecular complexity index is 510. The Kier molecular flexibility index (Phi) is 3.91. The van der Waals surface area contributed by atoms with E-state index >= 15 is 0 Å². The lowest BCUT2D eigenvalue weighted by Gasteiger charge is -2.32. The van der Waals surface area contributed by atoms with E-state index in [4.69, 9.17) is 4.74 Å². The minimum Gasteiger partial charge on any atom is -0.374 e. The molecule has 0 aromatic carbocycles. The Morgan fingerprint density at radius 3 is 3.21 bits per heavy atom. The third kappa shape index (κ3) is 3.40. The molecular formula is C13H18N4OS. The smallest absolute Gasteiger partial charge is 0.0898 e. The van der Waals surface area contributed by atoms with E-state index in [1.807, 2.05) is 30.1 Å². The molecule has 1 saturated heterocycles. The summed E-state index contributed by atoms with van der Waals surface area (Å²) in [6, 6.07) is 1.95. The zero-order chi connectivity index (χ0) is 13.1. The Morgan fingerprint density at radius 2 is 2.47 bits per heavy atom. The molecule has 2 aromatic heterocycles. The normalized spacial score (nSPS) is 20.8. The molecule has 1 atom stereocenters. The highest BCUT2D eigenvalue weighted by molar-refractivity contribution is 7.11. The van der Waals surface area contributed by atoms with Gasteiger partial charge in [-0.1, -0.05) is 0 Å². The molecule has 3 heterocycles. The molecule has 2 aromatic rings. The van der Waals surface area contributed by atoms with E-state index in [-0.39, 0.29) is 6.10 Å². The number of hydrogen-bond acceptors (Lipinski definition) is 5. The van der Waals surface area contributed by atoms with E-state index < -0.39 is 0 Å². The molecule has 6 heteroatoms. The third-order valence-electron chi connectivity index (χ3n) is 3.22. The van der Waals surface area contributed by atoms with Gasteiger partial charge in [0.15, 0.2) is 0 Å². The molecule has 102 valence electrons. The summed E-state index contributed by atoms with van der Waals surface area (Å²) >= 11 is 1.78. The highest BCUT2D eigenvalue weighted by Crippen LogP contribution is 2.16. The largest absolute Gasteiger partial charge is 0.374 e. The number of hydrogen-bond donors (Lipinski definition) is 0. The molecule has 0 saturated carbocycles. The number of nitrogens with zero attached hydrogens (tertiary/aromatic N) is 4. The maximum absolute atomic E-state index is 5.81. The Hall–Kier alpha value is -1.24. The molecule has 1 aliphatic heterocycles. The van der Waals surface area contributed by atoms with Crippen molar-refractivity contribution in [3.8, 4) is 0 Å². The molecule has 1 aliphatic rings. The molecule has 0 unspecified atom stereocenters. The lowest BCUT2D eigenvalue weighted by atomic mass is 10.2. The van der Waals surface area contributed by atoms with Gasteiger partial charge >= 0.3 is 0 Å². The Balaban J connectivity index is 1.55. The molecule has 3 rings (SSSR count). The standard InChI is InChI=1S/C13H18N4OS/c1-11-14-7-13(19-11)10-16-5-6-18-12(8-16)9-17-4-2-3-15-17/h2-4,7,12H,5-6,8-10H2,1H3/t12-/m0/s1. The summed E-state index contributed by atoms with van der Waals surface area (Å²) < 4.78 is 7.75. The summed E-state index contributed by atoms with van der Waals surface area (Å²) in [6.45, 7) is 6.59. The average Bonchev–Trinajstić information content (AvgIpc) is 3.02. The van der Waals surface area contributed by atoms with Gasteiger partial charge in [0.05, 0.1) is 24.3 Å². The molecule has 0 N–H and O–H groups in total. The first-order valence-corrected chi connectivity index (χ1v) is 7.34. The van der Waals surface area contributed by atoms with Crippen molar-refractivity contribution in [3.63, 3.8) is 0 Å². The lowest BCUT2D eigenvalue weighted by molar-refractivity contribution is -0.0399. The number of morpholine rings is 1. The Morgan fingerprint density at radius 1 is 1.53 bits per heavy atom. The first kappa shape index (κ1) is 12.8. The first-order valence-electron chi connectivity index (χ1n) is 6.52. The summed E-state index contributed by atoms with van der Waals surface area (Å²) in [7, 11) is 0. The minimum atomic E-state index is 0.225. The number of rotatable bonds is 4. The summed E-state index contributed by atoms with van der Waals surface area (Å²) in [5.74, 6) is 0. The topological polar surface area (TPSA) is 43.2 Å². The van der Waals surface area contributed by atoms with Crippen molar-refractivity contribution in [2.45, 2.75) is 26.1 Å².